The number of rotatable bonds is 10. The Balaban J connectivity index is 1.55. The van der Waals surface area contributed by atoms with Crippen molar-refractivity contribution < 1.29 is 14.3 Å². The van der Waals surface area contributed by atoms with E-state index < -0.39 is 5.25 Å². The zero-order valence-electron chi connectivity index (χ0n) is 19.3. The van der Waals surface area contributed by atoms with Crippen LogP contribution < -0.4 is 15.4 Å². The summed E-state index contributed by atoms with van der Waals surface area (Å²) in [7, 11) is 0. The lowest BCUT2D eigenvalue weighted by Gasteiger charge is -2.21. The van der Waals surface area contributed by atoms with Gasteiger partial charge in [0, 0.05) is 16.6 Å². The van der Waals surface area contributed by atoms with Gasteiger partial charge < -0.3 is 15.4 Å². The van der Waals surface area contributed by atoms with Crippen molar-refractivity contribution >= 4 is 56.1 Å². The van der Waals surface area contributed by atoms with Gasteiger partial charge in [-0.3, -0.25) is 9.59 Å². The molecule has 3 rings (SSSR count). The summed E-state index contributed by atoms with van der Waals surface area (Å²) in [6.07, 6.45) is 4.68. The highest BCUT2D eigenvalue weighted by Crippen LogP contribution is 2.24. The van der Waals surface area contributed by atoms with E-state index in [9.17, 15) is 9.59 Å². The lowest BCUT2D eigenvalue weighted by atomic mass is 10.1. The number of unbranched alkanes of at least 4 members (excludes halogenated alkanes) is 3. The van der Waals surface area contributed by atoms with E-state index in [1.54, 1.807) is 12.1 Å². The molecule has 9 heteroatoms. The van der Waals surface area contributed by atoms with Crippen LogP contribution in [-0.2, 0) is 9.59 Å². The molecule has 0 aromatic heterocycles. The molecule has 2 aromatic carbocycles. The minimum absolute atomic E-state index is 0.0733. The maximum atomic E-state index is 12.8. The van der Waals surface area contributed by atoms with Crippen molar-refractivity contribution in [2.75, 3.05) is 11.9 Å². The summed E-state index contributed by atoms with van der Waals surface area (Å²) >= 11 is 4.59. The molecule has 0 radical (unpaired) electrons. The molecule has 0 bridgehead atoms. The molecule has 1 atom stereocenters. The Morgan fingerprint density at radius 2 is 1.88 bits per heavy atom. The molecule has 1 heterocycles. The van der Waals surface area contributed by atoms with Gasteiger partial charge in [0.25, 0.3) is 0 Å². The number of hydrogen-bond acceptors (Lipinski definition) is 6. The number of carbonyl (C=O) groups excluding carboxylic acids is 2. The van der Waals surface area contributed by atoms with E-state index in [0.717, 1.165) is 28.6 Å². The Hall–Kier alpha value is -2.65. The first-order valence-electron chi connectivity index (χ1n) is 11.3. The minimum atomic E-state index is -0.592. The fourth-order valence-electron chi connectivity index (χ4n) is 3.18. The number of benzene rings is 2. The van der Waals surface area contributed by atoms with Crippen molar-refractivity contribution in [2.24, 2.45) is 10.2 Å². The molecule has 34 heavy (non-hydrogen) atoms. The normalized spacial score (nSPS) is 17.4. The smallest absolute Gasteiger partial charge is 0.238 e. The van der Waals surface area contributed by atoms with Gasteiger partial charge in [-0.15, -0.1) is 5.10 Å². The summed E-state index contributed by atoms with van der Waals surface area (Å²) < 4.78 is 6.72. The van der Waals surface area contributed by atoms with Gasteiger partial charge in [-0.05, 0) is 55.3 Å². The molecular weight excluding hydrogens is 516 g/mol. The summed E-state index contributed by atoms with van der Waals surface area (Å²) in [4.78, 5) is 24.9. The molecule has 0 unspecified atom stereocenters. The maximum absolute atomic E-state index is 12.8. The third-order valence-electron chi connectivity index (χ3n) is 5.10. The van der Waals surface area contributed by atoms with Gasteiger partial charge in [0.2, 0.25) is 11.8 Å². The van der Waals surface area contributed by atoms with E-state index in [2.05, 4.69) is 43.7 Å². The number of amidine groups is 1. The lowest BCUT2D eigenvalue weighted by Crippen LogP contribution is -2.41. The van der Waals surface area contributed by atoms with Crippen LogP contribution in [0, 0.1) is 0 Å². The van der Waals surface area contributed by atoms with Crippen LogP contribution in [0.1, 0.15) is 51.5 Å². The van der Waals surface area contributed by atoms with Gasteiger partial charge >= 0.3 is 0 Å². The topological polar surface area (TPSA) is 92.1 Å². The molecule has 0 saturated carbocycles. The van der Waals surface area contributed by atoms with Crippen LogP contribution in [0.3, 0.4) is 0 Å². The zero-order chi connectivity index (χ0) is 24.3. The van der Waals surface area contributed by atoms with Crippen molar-refractivity contribution in [1.82, 2.24) is 5.32 Å². The van der Waals surface area contributed by atoms with Crippen molar-refractivity contribution in [3.05, 3.63) is 58.6 Å². The van der Waals surface area contributed by atoms with E-state index in [1.807, 2.05) is 43.3 Å². The highest BCUT2D eigenvalue weighted by atomic mass is 79.9. The minimum Gasteiger partial charge on any atom is -0.494 e. The molecular formula is C25H29BrN4O3S. The molecule has 7 nitrogen and oxygen atoms in total. The van der Waals surface area contributed by atoms with E-state index >= 15 is 0 Å². The van der Waals surface area contributed by atoms with E-state index in [1.165, 1.54) is 24.6 Å². The maximum Gasteiger partial charge on any atom is 0.238 e. The van der Waals surface area contributed by atoms with Gasteiger partial charge in [0.05, 0.1) is 12.3 Å². The SMILES string of the molecule is CCCCCCOc1ccc(NC(=O)[C@H]2CC(=O)N/C(=N/N=C(/C)c3ccc(Br)cc3)S2)cc1. The number of nitrogens with zero attached hydrogens (tertiary/aromatic N) is 2. The average Bonchev–Trinajstić information content (AvgIpc) is 2.83. The van der Waals surface area contributed by atoms with Crippen LogP contribution in [0.2, 0.25) is 0 Å². The highest BCUT2D eigenvalue weighted by Gasteiger charge is 2.30. The van der Waals surface area contributed by atoms with Crippen LogP contribution in [0.5, 0.6) is 5.75 Å². The van der Waals surface area contributed by atoms with Gasteiger partial charge in [0.15, 0.2) is 5.17 Å². The summed E-state index contributed by atoms with van der Waals surface area (Å²) in [5.41, 5.74) is 2.27. The summed E-state index contributed by atoms with van der Waals surface area (Å²) in [5.74, 6) is 0.254. The quantitative estimate of drug-likeness (QED) is 0.226. The molecule has 2 amide bonds. The van der Waals surface area contributed by atoms with Crippen LogP contribution >= 0.6 is 27.7 Å². The zero-order valence-corrected chi connectivity index (χ0v) is 21.7. The molecule has 2 N–H and O–H groups in total. The summed E-state index contributed by atoms with van der Waals surface area (Å²) in [6, 6.07) is 15.0. The number of anilines is 1. The van der Waals surface area contributed by atoms with Gasteiger partial charge in [0.1, 0.15) is 11.0 Å². The number of nitrogens with one attached hydrogen (secondary N) is 2. The summed E-state index contributed by atoms with van der Waals surface area (Å²) in [5, 5.41) is 13.6. The van der Waals surface area contributed by atoms with Crippen LogP contribution in [0.15, 0.2) is 63.2 Å². The average molecular weight is 546 g/mol. The first kappa shape index (κ1) is 26.0. The van der Waals surface area contributed by atoms with E-state index in [0.29, 0.717) is 23.2 Å². The van der Waals surface area contributed by atoms with Crippen molar-refractivity contribution in [3.63, 3.8) is 0 Å². The van der Waals surface area contributed by atoms with E-state index in [-0.39, 0.29) is 18.2 Å². The Bertz CT molecular complexity index is 1040. The van der Waals surface area contributed by atoms with E-state index in [4.69, 9.17) is 4.74 Å². The molecule has 2 aromatic rings. The molecule has 0 spiro atoms. The largest absolute Gasteiger partial charge is 0.494 e. The molecule has 1 fully saturated rings. The Kier molecular flexibility index (Phi) is 10.2. The number of amides is 2. The molecule has 0 aliphatic carbocycles. The van der Waals surface area contributed by atoms with Crippen molar-refractivity contribution in [3.8, 4) is 5.75 Å². The fraction of sp³-hybridized carbons (Fsp3) is 0.360. The van der Waals surface area contributed by atoms with Crippen molar-refractivity contribution in [2.45, 2.75) is 51.2 Å². The second-order valence-electron chi connectivity index (χ2n) is 7.88. The first-order valence-corrected chi connectivity index (χ1v) is 13.0. The molecule has 1 aliphatic rings. The second kappa shape index (κ2) is 13.3. The predicted molar refractivity (Wildman–Crippen MR) is 143 cm³/mol. The number of ether oxygens (including phenoxy) is 1. The van der Waals surface area contributed by atoms with Crippen molar-refractivity contribution in [1.29, 1.82) is 0 Å². The third kappa shape index (κ3) is 8.29. The third-order valence-corrected chi connectivity index (χ3v) is 6.71. The monoisotopic (exact) mass is 544 g/mol. The second-order valence-corrected chi connectivity index (χ2v) is 9.99. The fourth-order valence-corrected chi connectivity index (χ4v) is 4.38. The summed E-state index contributed by atoms with van der Waals surface area (Å²) in [6.45, 7) is 4.71. The van der Waals surface area contributed by atoms with Gasteiger partial charge in [-0.1, -0.05) is 66.0 Å². The number of halogens is 1. The van der Waals surface area contributed by atoms with Gasteiger partial charge in [-0.25, -0.2) is 0 Å². The molecule has 1 saturated heterocycles. The Morgan fingerprint density at radius 3 is 2.59 bits per heavy atom. The number of hydrogen-bond donors (Lipinski definition) is 2. The molecule has 180 valence electrons. The molecule has 1 aliphatic heterocycles. The van der Waals surface area contributed by atoms with Gasteiger partial charge in [-0.2, -0.15) is 5.10 Å². The number of carbonyl (C=O) groups is 2. The van der Waals surface area contributed by atoms with Crippen LogP contribution in [0.4, 0.5) is 5.69 Å². The predicted octanol–water partition coefficient (Wildman–Crippen LogP) is 5.75. The number of thioether (sulfide) groups is 1. The first-order chi connectivity index (χ1) is 16.4. The Morgan fingerprint density at radius 1 is 1.15 bits per heavy atom. The highest BCUT2D eigenvalue weighted by molar-refractivity contribution is 9.10. The van der Waals surface area contributed by atoms with Crippen LogP contribution in [0.25, 0.3) is 0 Å². The van der Waals surface area contributed by atoms with Crippen LogP contribution in [-0.4, -0.2) is 34.6 Å². The standard InChI is InChI=1S/C25H29BrN4O3S/c1-3-4-5-6-15-33-21-13-11-20(12-14-21)27-24(32)22-16-23(31)28-25(34-22)30-29-17(2)18-7-9-19(26)10-8-18/h7-14,22H,3-6,15-16H2,1-2H3,(H,27,32)(H,28,30,31)/b29-17-/t22-/m1/s1. The lowest BCUT2D eigenvalue weighted by molar-refractivity contribution is -0.123. The Labute approximate surface area is 213 Å².